The number of amides is 1. The highest BCUT2D eigenvalue weighted by atomic mass is 32.2. The van der Waals surface area contributed by atoms with Crippen molar-refractivity contribution >= 4 is 15.7 Å². The SMILES string of the molecule is CCN(C(=O)CN1CC[C@H](N)C1)C1CCS(=O)(=O)C1. The Kier molecular flexibility index (Phi) is 4.47. The van der Waals surface area contributed by atoms with Gasteiger partial charge in [-0.2, -0.15) is 0 Å². The van der Waals surface area contributed by atoms with Gasteiger partial charge in [-0.1, -0.05) is 0 Å². The molecule has 0 aromatic rings. The number of nitrogens with two attached hydrogens (primary N) is 1. The van der Waals surface area contributed by atoms with Gasteiger partial charge in [-0.3, -0.25) is 9.69 Å². The zero-order valence-corrected chi connectivity index (χ0v) is 12.2. The lowest BCUT2D eigenvalue weighted by Gasteiger charge is -2.28. The first-order chi connectivity index (χ1) is 8.91. The van der Waals surface area contributed by atoms with Crippen LogP contribution in [0.25, 0.3) is 0 Å². The van der Waals surface area contributed by atoms with Gasteiger partial charge in [-0.05, 0) is 19.8 Å². The van der Waals surface area contributed by atoms with Crippen molar-refractivity contribution < 1.29 is 13.2 Å². The Morgan fingerprint density at radius 2 is 2.16 bits per heavy atom. The standard InChI is InChI=1S/C12H23N3O3S/c1-2-15(11-4-6-19(17,18)9-11)12(16)8-14-5-3-10(13)7-14/h10-11H,2-9,13H2,1H3/t10-,11?/m0/s1. The summed E-state index contributed by atoms with van der Waals surface area (Å²) in [5, 5.41) is 0. The molecule has 2 saturated heterocycles. The highest BCUT2D eigenvalue weighted by molar-refractivity contribution is 7.91. The number of carbonyl (C=O) groups is 1. The molecular weight excluding hydrogens is 266 g/mol. The summed E-state index contributed by atoms with van der Waals surface area (Å²) in [5.74, 6) is 0.348. The second-order valence-corrected chi connectivity index (χ2v) is 7.75. The summed E-state index contributed by atoms with van der Waals surface area (Å²) in [5.41, 5.74) is 5.82. The summed E-state index contributed by atoms with van der Waals surface area (Å²) in [4.78, 5) is 16.1. The van der Waals surface area contributed by atoms with Crippen LogP contribution in [0, 0.1) is 0 Å². The summed E-state index contributed by atoms with van der Waals surface area (Å²) < 4.78 is 23.0. The molecule has 0 spiro atoms. The van der Waals surface area contributed by atoms with Gasteiger partial charge in [0.1, 0.15) is 0 Å². The molecule has 2 atom stereocenters. The molecule has 7 heteroatoms. The highest BCUT2D eigenvalue weighted by Gasteiger charge is 2.34. The van der Waals surface area contributed by atoms with Gasteiger partial charge < -0.3 is 10.6 Å². The lowest BCUT2D eigenvalue weighted by atomic mass is 10.2. The van der Waals surface area contributed by atoms with E-state index in [0.717, 1.165) is 19.5 Å². The van der Waals surface area contributed by atoms with E-state index in [1.165, 1.54) is 0 Å². The summed E-state index contributed by atoms with van der Waals surface area (Å²) in [6, 6.07) is 0.0218. The topological polar surface area (TPSA) is 83.7 Å². The van der Waals surface area contributed by atoms with Crippen LogP contribution in [0.2, 0.25) is 0 Å². The van der Waals surface area contributed by atoms with Crippen molar-refractivity contribution in [3.8, 4) is 0 Å². The summed E-state index contributed by atoms with van der Waals surface area (Å²) >= 11 is 0. The highest BCUT2D eigenvalue weighted by Crippen LogP contribution is 2.18. The number of likely N-dealkylation sites (N-methyl/N-ethyl adjacent to an activating group) is 1. The van der Waals surface area contributed by atoms with Gasteiger partial charge in [-0.15, -0.1) is 0 Å². The molecule has 0 bridgehead atoms. The number of rotatable bonds is 4. The summed E-state index contributed by atoms with van der Waals surface area (Å²) in [6.07, 6.45) is 1.50. The van der Waals surface area contributed by atoms with E-state index in [-0.39, 0.29) is 29.5 Å². The van der Waals surface area contributed by atoms with Crippen LogP contribution in [0.15, 0.2) is 0 Å². The molecule has 6 nitrogen and oxygen atoms in total. The molecule has 0 aliphatic carbocycles. The third-order valence-corrected chi connectivity index (χ3v) is 5.73. The molecule has 19 heavy (non-hydrogen) atoms. The zero-order valence-electron chi connectivity index (χ0n) is 11.4. The van der Waals surface area contributed by atoms with Gasteiger partial charge in [0.15, 0.2) is 9.84 Å². The van der Waals surface area contributed by atoms with Crippen LogP contribution in [0.5, 0.6) is 0 Å². The van der Waals surface area contributed by atoms with Crippen LogP contribution in [-0.2, 0) is 14.6 Å². The lowest BCUT2D eigenvalue weighted by Crippen LogP contribution is -2.46. The third-order valence-electron chi connectivity index (χ3n) is 3.98. The van der Waals surface area contributed by atoms with Crippen LogP contribution in [0.4, 0.5) is 0 Å². The van der Waals surface area contributed by atoms with Crippen molar-refractivity contribution in [2.45, 2.75) is 31.8 Å². The largest absolute Gasteiger partial charge is 0.338 e. The van der Waals surface area contributed by atoms with Crippen molar-refractivity contribution in [1.82, 2.24) is 9.80 Å². The van der Waals surface area contributed by atoms with Crippen molar-refractivity contribution in [3.05, 3.63) is 0 Å². The minimum atomic E-state index is -2.95. The number of hydrogen-bond acceptors (Lipinski definition) is 5. The molecule has 0 radical (unpaired) electrons. The minimum absolute atomic E-state index is 0.0266. The molecule has 2 fully saturated rings. The van der Waals surface area contributed by atoms with Crippen LogP contribution < -0.4 is 5.73 Å². The molecule has 110 valence electrons. The molecule has 2 heterocycles. The van der Waals surface area contributed by atoms with E-state index in [1.54, 1.807) is 4.90 Å². The first-order valence-corrected chi connectivity index (χ1v) is 8.71. The zero-order chi connectivity index (χ0) is 14.0. The molecule has 0 aromatic heterocycles. The van der Waals surface area contributed by atoms with Crippen molar-refractivity contribution in [2.24, 2.45) is 5.73 Å². The quantitative estimate of drug-likeness (QED) is 0.722. The molecule has 1 unspecified atom stereocenters. The Morgan fingerprint density at radius 1 is 1.42 bits per heavy atom. The number of nitrogens with zero attached hydrogens (tertiary/aromatic N) is 2. The molecule has 2 N–H and O–H groups in total. The van der Waals surface area contributed by atoms with E-state index < -0.39 is 9.84 Å². The van der Waals surface area contributed by atoms with Gasteiger partial charge in [0.25, 0.3) is 0 Å². The smallest absolute Gasteiger partial charge is 0.237 e. The van der Waals surface area contributed by atoms with Gasteiger partial charge in [0.2, 0.25) is 5.91 Å². The normalized spacial score (nSPS) is 30.6. The van der Waals surface area contributed by atoms with Gasteiger partial charge in [0, 0.05) is 31.7 Å². The first kappa shape index (κ1) is 14.7. The Morgan fingerprint density at radius 3 is 2.63 bits per heavy atom. The predicted octanol–water partition coefficient (Wildman–Crippen LogP) is -0.945. The molecule has 2 rings (SSSR count). The number of sulfone groups is 1. The number of likely N-dealkylation sites (tertiary alicyclic amines) is 1. The van der Waals surface area contributed by atoms with Gasteiger partial charge >= 0.3 is 0 Å². The number of hydrogen-bond donors (Lipinski definition) is 1. The van der Waals surface area contributed by atoms with Crippen LogP contribution in [0.1, 0.15) is 19.8 Å². The monoisotopic (exact) mass is 289 g/mol. The van der Waals surface area contributed by atoms with Gasteiger partial charge in [-0.25, -0.2) is 8.42 Å². The maximum absolute atomic E-state index is 12.3. The Hall–Kier alpha value is -0.660. The van der Waals surface area contributed by atoms with E-state index in [9.17, 15) is 13.2 Å². The molecule has 0 aromatic carbocycles. The van der Waals surface area contributed by atoms with Crippen molar-refractivity contribution in [2.75, 3.05) is 37.7 Å². The summed E-state index contributed by atoms with van der Waals surface area (Å²) in [7, 11) is -2.95. The third kappa shape index (κ3) is 3.67. The first-order valence-electron chi connectivity index (χ1n) is 6.89. The maximum Gasteiger partial charge on any atom is 0.237 e. The second-order valence-electron chi connectivity index (χ2n) is 5.52. The fraction of sp³-hybridized carbons (Fsp3) is 0.917. The average molecular weight is 289 g/mol. The van der Waals surface area contributed by atoms with E-state index in [4.69, 9.17) is 5.73 Å². The second kappa shape index (κ2) is 5.76. The van der Waals surface area contributed by atoms with Crippen LogP contribution in [0.3, 0.4) is 0 Å². The summed E-state index contributed by atoms with van der Waals surface area (Å²) in [6.45, 7) is 4.44. The molecule has 2 aliphatic rings. The van der Waals surface area contributed by atoms with Gasteiger partial charge in [0.05, 0.1) is 18.1 Å². The molecule has 2 aliphatic heterocycles. The fourth-order valence-electron chi connectivity index (χ4n) is 2.95. The van der Waals surface area contributed by atoms with Crippen LogP contribution in [-0.4, -0.2) is 73.9 Å². The molecule has 0 saturated carbocycles. The van der Waals surface area contributed by atoms with E-state index in [1.807, 2.05) is 6.92 Å². The maximum atomic E-state index is 12.3. The Labute approximate surface area is 114 Å². The minimum Gasteiger partial charge on any atom is -0.338 e. The predicted molar refractivity (Wildman–Crippen MR) is 73.5 cm³/mol. The van der Waals surface area contributed by atoms with Crippen molar-refractivity contribution in [1.29, 1.82) is 0 Å². The van der Waals surface area contributed by atoms with Crippen LogP contribution >= 0.6 is 0 Å². The molecule has 1 amide bonds. The average Bonchev–Trinajstić information content (AvgIpc) is 2.86. The lowest BCUT2D eigenvalue weighted by molar-refractivity contribution is -0.133. The fourth-order valence-corrected chi connectivity index (χ4v) is 4.68. The van der Waals surface area contributed by atoms with E-state index in [2.05, 4.69) is 4.90 Å². The molecular formula is C12H23N3O3S. The number of carbonyl (C=O) groups excluding carboxylic acids is 1. The van der Waals surface area contributed by atoms with E-state index in [0.29, 0.717) is 19.5 Å². The van der Waals surface area contributed by atoms with E-state index >= 15 is 0 Å². The Bertz CT molecular complexity index is 438. The Balaban J connectivity index is 1.92. The van der Waals surface area contributed by atoms with Crippen molar-refractivity contribution in [3.63, 3.8) is 0 Å².